The van der Waals surface area contributed by atoms with E-state index in [1.165, 1.54) is 29.5 Å². The lowest BCUT2D eigenvalue weighted by Gasteiger charge is -2.05. The van der Waals surface area contributed by atoms with Crippen LogP contribution in [-0.4, -0.2) is 0 Å². The molecule has 1 rings (SSSR count). The average Bonchev–Trinajstić information content (AvgIpc) is 2.09. The zero-order valence-corrected chi connectivity index (χ0v) is 8.64. The summed E-state index contributed by atoms with van der Waals surface area (Å²) < 4.78 is 0. The second kappa shape index (κ2) is 4.86. The van der Waals surface area contributed by atoms with Crippen LogP contribution in [-0.2, 0) is 6.42 Å². The first-order valence-corrected chi connectivity index (χ1v) is 4.91. The van der Waals surface area contributed by atoms with Gasteiger partial charge in [-0.15, -0.1) is 6.58 Å². The van der Waals surface area contributed by atoms with Gasteiger partial charge in [0.05, 0.1) is 0 Å². The van der Waals surface area contributed by atoms with Crippen molar-refractivity contribution >= 4 is 0 Å². The van der Waals surface area contributed by atoms with Crippen LogP contribution in [0.15, 0.2) is 30.9 Å². The summed E-state index contributed by atoms with van der Waals surface area (Å²) in [7, 11) is 0. The number of unbranched alkanes of at least 4 members (excludes halogenated alkanes) is 1. The van der Waals surface area contributed by atoms with Crippen LogP contribution in [0.2, 0.25) is 0 Å². The maximum absolute atomic E-state index is 3.73. The van der Waals surface area contributed by atoms with Gasteiger partial charge in [-0.2, -0.15) is 0 Å². The predicted octanol–water partition coefficient (Wildman–Crippen LogP) is 3.81. The van der Waals surface area contributed by atoms with Crippen molar-refractivity contribution in [3.63, 3.8) is 0 Å². The molecular weight excluding hydrogens is 156 g/mol. The average molecular weight is 174 g/mol. The van der Waals surface area contributed by atoms with Crippen molar-refractivity contribution in [1.29, 1.82) is 0 Å². The molecule has 1 aromatic carbocycles. The van der Waals surface area contributed by atoms with Crippen LogP contribution < -0.4 is 0 Å². The molecule has 0 aliphatic carbocycles. The third-order valence-electron chi connectivity index (χ3n) is 2.35. The van der Waals surface area contributed by atoms with Gasteiger partial charge < -0.3 is 0 Å². The molecule has 0 aliphatic rings. The van der Waals surface area contributed by atoms with Crippen LogP contribution in [0.25, 0.3) is 0 Å². The molecule has 0 heteroatoms. The first-order valence-electron chi connectivity index (χ1n) is 4.91. The van der Waals surface area contributed by atoms with Gasteiger partial charge in [0.15, 0.2) is 0 Å². The van der Waals surface area contributed by atoms with Gasteiger partial charge in [0.2, 0.25) is 0 Å². The molecule has 0 radical (unpaired) electrons. The highest BCUT2D eigenvalue weighted by atomic mass is 14.0. The van der Waals surface area contributed by atoms with E-state index in [-0.39, 0.29) is 0 Å². The summed E-state index contributed by atoms with van der Waals surface area (Å²) in [6.45, 7) is 8.06. The summed E-state index contributed by atoms with van der Waals surface area (Å²) in [4.78, 5) is 0. The van der Waals surface area contributed by atoms with Gasteiger partial charge in [-0.1, -0.05) is 29.8 Å². The standard InChI is InChI=1S/C13H18/c1-4-5-6-7-13-9-8-11(2)10-12(13)3/h4,8-10H,1,5-7H2,2-3H3. The highest BCUT2D eigenvalue weighted by Gasteiger charge is 1.97. The Morgan fingerprint density at radius 2 is 2.08 bits per heavy atom. The molecule has 0 N–H and O–H groups in total. The molecule has 0 aliphatic heterocycles. The fourth-order valence-corrected chi connectivity index (χ4v) is 1.56. The number of hydrogen-bond acceptors (Lipinski definition) is 0. The fourth-order valence-electron chi connectivity index (χ4n) is 1.56. The summed E-state index contributed by atoms with van der Waals surface area (Å²) in [6, 6.07) is 6.69. The molecule has 0 spiro atoms. The molecule has 13 heavy (non-hydrogen) atoms. The Hall–Kier alpha value is -1.04. The summed E-state index contributed by atoms with van der Waals surface area (Å²) in [6.07, 6.45) is 5.50. The maximum atomic E-state index is 3.73. The number of benzene rings is 1. The normalized spacial score (nSPS) is 10.0. The monoisotopic (exact) mass is 174 g/mol. The van der Waals surface area contributed by atoms with Crippen molar-refractivity contribution in [2.75, 3.05) is 0 Å². The number of hydrogen-bond donors (Lipinski definition) is 0. The van der Waals surface area contributed by atoms with Crippen molar-refractivity contribution in [3.8, 4) is 0 Å². The van der Waals surface area contributed by atoms with Crippen LogP contribution >= 0.6 is 0 Å². The molecule has 0 heterocycles. The molecule has 1 aromatic rings. The molecular formula is C13H18. The van der Waals surface area contributed by atoms with Gasteiger partial charge >= 0.3 is 0 Å². The first kappa shape index (κ1) is 10.0. The highest BCUT2D eigenvalue weighted by molar-refractivity contribution is 5.30. The zero-order valence-electron chi connectivity index (χ0n) is 8.64. The first-order chi connectivity index (χ1) is 6.24. The Labute approximate surface area is 81.3 Å². The van der Waals surface area contributed by atoms with Crippen LogP contribution in [0.3, 0.4) is 0 Å². The molecule has 0 saturated heterocycles. The van der Waals surface area contributed by atoms with Crippen LogP contribution in [0, 0.1) is 13.8 Å². The van der Waals surface area contributed by atoms with Crippen molar-refractivity contribution in [2.45, 2.75) is 33.1 Å². The quantitative estimate of drug-likeness (QED) is 0.481. The van der Waals surface area contributed by atoms with E-state index in [0.717, 1.165) is 6.42 Å². The summed E-state index contributed by atoms with van der Waals surface area (Å²) >= 11 is 0. The minimum absolute atomic E-state index is 1.12. The van der Waals surface area contributed by atoms with E-state index in [1.54, 1.807) is 0 Å². The van der Waals surface area contributed by atoms with E-state index in [4.69, 9.17) is 0 Å². The fraction of sp³-hybridized carbons (Fsp3) is 0.385. The van der Waals surface area contributed by atoms with Crippen molar-refractivity contribution in [2.24, 2.45) is 0 Å². The molecule has 0 atom stereocenters. The molecule has 0 amide bonds. The van der Waals surface area contributed by atoms with E-state index in [0.29, 0.717) is 0 Å². The number of rotatable bonds is 4. The van der Waals surface area contributed by atoms with E-state index in [2.05, 4.69) is 38.6 Å². The second-order valence-corrected chi connectivity index (χ2v) is 3.61. The van der Waals surface area contributed by atoms with Gasteiger partial charge in [0, 0.05) is 0 Å². The molecule has 70 valence electrons. The lowest BCUT2D eigenvalue weighted by molar-refractivity contribution is 0.838. The molecule has 0 fully saturated rings. The van der Waals surface area contributed by atoms with E-state index in [9.17, 15) is 0 Å². The SMILES string of the molecule is C=CCCCc1ccc(C)cc1C. The summed E-state index contributed by atoms with van der Waals surface area (Å²) in [5, 5.41) is 0. The van der Waals surface area contributed by atoms with Crippen LogP contribution in [0.4, 0.5) is 0 Å². The lowest BCUT2D eigenvalue weighted by atomic mass is 10.0. The lowest BCUT2D eigenvalue weighted by Crippen LogP contribution is -1.89. The number of allylic oxidation sites excluding steroid dienone is 1. The van der Waals surface area contributed by atoms with Crippen LogP contribution in [0.1, 0.15) is 29.5 Å². The van der Waals surface area contributed by atoms with E-state index >= 15 is 0 Å². The maximum Gasteiger partial charge on any atom is -0.0273 e. The summed E-state index contributed by atoms with van der Waals surface area (Å²) in [5.74, 6) is 0. The summed E-state index contributed by atoms with van der Waals surface area (Å²) in [5.41, 5.74) is 4.25. The highest BCUT2D eigenvalue weighted by Crippen LogP contribution is 2.13. The van der Waals surface area contributed by atoms with Crippen LogP contribution in [0.5, 0.6) is 0 Å². The van der Waals surface area contributed by atoms with Crippen molar-refractivity contribution in [3.05, 3.63) is 47.5 Å². The Morgan fingerprint density at radius 3 is 2.69 bits per heavy atom. The van der Waals surface area contributed by atoms with Gasteiger partial charge in [-0.05, 0) is 44.2 Å². The molecule has 0 unspecified atom stereocenters. The van der Waals surface area contributed by atoms with E-state index in [1.807, 2.05) is 6.08 Å². The Balaban J connectivity index is 2.61. The third-order valence-corrected chi connectivity index (χ3v) is 2.35. The van der Waals surface area contributed by atoms with Gasteiger partial charge in [-0.25, -0.2) is 0 Å². The number of aryl methyl sites for hydroxylation is 3. The van der Waals surface area contributed by atoms with Gasteiger partial charge in [0.1, 0.15) is 0 Å². The predicted molar refractivity (Wildman–Crippen MR) is 59.1 cm³/mol. The van der Waals surface area contributed by atoms with E-state index < -0.39 is 0 Å². The third kappa shape index (κ3) is 3.06. The van der Waals surface area contributed by atoms with Crippen molar-refractivity contribution in [1.82, 2.24) is 0 Å². The molecule has 0 bridgehead atoms. The van der Waals surface area contributed by atoms with Gasteiger partial charge in [-0.3, -0.25) is 0 Å². The molecule has 0 aromatic heterocycles. The zero-order chi connectivity index (χ0) is 9.68. The largest absolute Gasteiger partial charge is 0.103 e. The second-order valence-electron chi connectivity index (χ2n) is 3.61. The minimum atomic E-state index is 1.12. The smallest absolute Gasteiger partial charge is 0.0273 e. The van der Waals surface area contributed by atoms with Crippen molar-refractivity contribution < 1.29 is 0 Å². The van der Waals surface area contributed by atoms with Gasteiger partial charge in [0.25, 0.3) is 0 Å². The Morgan fingerprint density at radius 1 is 1.31 bits per heavy atom. The Kier molecular flexibility index (Phi) is 3.75. The minimum Gasteiger partial charge on any atom is -0.103 e. The Bertz CT molecular complexity index is 284. The molecule has 0 nitrogen and oxygen atoms in total. The molecule has 0 saturated carbocycles. The topological polar surface area (TPSA) is 0 Å².